The Labute approximate surface area is 142 Å². The summed E-state index contributed by atoms with van der Waals surface area (Å²) in [5.74, 6) is -1.50. The number of ether oxygens (including phenoxy) is 1. The summed E-state index contributed by atoms with van der Waals surface area (Å²) >= 11 is 0. The Morgan fingerprint density at radius 2 is 1.64 bits per heavy atom. The van der Waals surface area contributed by atoms with Gasteiger partial charge < -0.3 is 10.1 Å². The lowest BCUT2D eigenvalue weighted by Gasteiger charge is -2.20. The van der Waals surface area contributed by atoms with Crippen molar-refractivity contribution in [2.75, 3.05) is 7.11 Å². The fraction of sp³-hybridized carbons (Fsp3) is 0.222. The maximum Gasteiger partial charge on any atom is 0.417 e. The summed E-state index contributed by atoms with van der Waals surface area (Å²) in [5.41, 5.74) is -0.941. The minimum atomic E-state index is -4.65. The van der Waals surface area contributed by atoms with Crippen LogP contribution in [0.25, 0.3) is 0 Å². The first-order valence-corrected chi connectivity index (χ1v) is 7.41. The van der Waals surface area contributed by atoms with E-state index >= 15 is 0 Å². The zero-order valence-corrected chi connectivity index (χ0v) is 13.3. The van der Waals surface area contributed by atoms with Crippen LogP contribution in [0.1, 0.15) is 33.9 Å². The molecule has 0 spiro atoms. The number of rotatable bonds is 5. The van der Waals surface area contributed by atoms with Gasteiger partial charge in [0.15, 0.2) is 0 Å². The van der Waals surface area contributed by atoms with Gasteiger partial charge in [-0.25, -0.2) is 0 Å². The molecule has 7 heteroatoms. The lowest BCUT2D eigenvalue weighted by atomic mass is 10.0. The lowest BCUT2D eigenvalue weighted by Crippen LogP contribution is -2.32. The number of halogens is 3. The zero-order valence-electron chi connectivity index (χ0n) is 13.3. The summed E-state index contributed by atoms with van der Waals surface area (Å²) in [4.78, 5) is 24.0. The van der Waals surface area contributed by atoms with Crippen molar-refractivity contribution in [2.45, 2.75) is 18.6 Å². The molecule has 0 heterocycles. The largest absolute Gasteiger partial charge is 0.469 e. The Bertz CT molecular complexity index is 745. The number of alkyl halides is 3. The molecule has 0 aromatic heterocycles. The molecule has 0 aliphatic rings. The molecule has 2 aromatic carbocycles. The third-order valence-electron chi connectivity index (χ3n) is 3.58. The van der Waals surface area contributed by atoms with Crippen molar-refractivity contribution >= 4 is 11.9 Å². The van der Waals surface area contributed by atoms with Crippen molar-refractivity contribution < 1.29 is 27.5 Å². The van der Waals surface area contributed by atoms with E-state index < -0.39 is 35.2 Å². The van der Waals surface area contributed by atoms with Crippen molar-refractivity contribution in [3.63, 3.8) is 0 Å². The molecule has 0 saturated heterocycles. The van der Waals surface area contributed by atoms with Gasteiger partial charge in [-0.05, 0) is 17.7 Å². The highest BCUT2D eigenvalue weighted by molar-refractivity contribution is 5.96. The van der Waals surface area contributed by atoms with E-state index in [-0.39, 0.29) is 6.42 Å². The maximum atomic E-state index is 13.1. The number of amides is 1. The van der Waals surface area contributed by atoms with E-state index in [2.05, 4.69) is 10.1 Å². The van der Waals surface area contributed by atoms with E-state index in [4.69, 9.17) is 0 Å². The molecule has 2 aromatic rings. The van der Waals surface area contributed by atoms with Gasteiger partial charge in [0.05, 0.1) is 30.7 Å². The van der Waals surface area contributed by atoms with Gasteiger partial charge >= 0.3 is 12.1 Å². The summed E-state index contributed by atoms with van der Waals surface area (Å²) in [5, 5.41) is 2.49. The van der Waals surface area contributed by atoms with Crippen LogP contribution in [0.4, 0.5) is 13.2 Å². The molecule has 1 N–H and O–H groups in total. The van der Waals surface area contributed by atoms with Gasteiger partial charge in [-0.3, -0.25) is 9.59 Å². The summed E-state index contributed by atoms with van der Waals surface area (Å²) in [6.45, 7) is 0. The molecule has 25 heavy (non-hydrogen) atoms. The van der Waals surface area contributed by atoms with Crippen LogP contribution in [-0.4, -0.2) is 19.0 Å². The summed E-state index contributed by atoms with van der Waals surface area (Å²) in [6, 6.07) is 12.2. The Morgan fingerprint density at radius 3 is 2.24 bits per heavy atom. The van der Waals surface area contributed by atoms with Crippen LogP contribution in [-0.2, 0) is 15.7 Å². The molecule has 0 aliphatic heterocycles. The van der Waals surface area contributed by atoms with E-state index in [0.717, 1.165) is 12.1 Å². The van der Waals surface area contributed by atoms with E-state index in [1.807, 2.05) is 0 Å². The number of esters is 1. The Hall–Kier alpha value is -2.83. The number of methoxy groups -OCH3 is 1. The highest BCUT2D eigenvalue weighted by atomic mass is 19.4. The Morgan fingerprint density at radius 1 is 1.04 bits per heavy atom. The summed E-state index contributed by atoms with van der Waals surface area (Å²) in [6.07, 6.45) is -4.85. The smallest absolute Gasteiger partial charge is 0.417 e. The number of benzene rings is 2. The average Bonchev–Trinajstić information content (AvgIpc) is 2.61. The molecule has 0 fully saturated rings. The molecule has 1 amide bonds. The standard InChI is InChI=1S/C18H16F3NO3/c1-25-16(23)11-15(12-7-3-2-4-8-12)22-17(24)13-9-5-6-10-14(13)18(19,20)21/h2-10,15H,11H2,1H3,(H,22,24)/t15-/m1/s1. The quantitative estimate of drug-likeness (QED) is 0.835. The average molecular weight is 351 g/mol. The normalized spacial score (nSPS) is 12.3. The maximum absolute atomic E-state index is 13.1. The lowest BCUT2D eigenvalue weighted by molar-refractivity contribution is -0.141. The predicted octanol–water partition coefficient (Wildman–Crippen LogP) is 3.74. The second-order valence-corrected chi connectivity index (χ2v) is 5.26. The van der Waals surface area contributed by atoms with Crippen molar-refractivity contribution in [2.24, 2.45) is 0 Å². The number of hydrogen-bond acceptors (Lipinski definition) is 3. The van der Waals surface area contributed by atoms with Crippen LogP contribution in [0.5, 0.6) is 0 Å². The Kier molecular flexibility index (Phi) is 5.80. The molecule has 1 atom stereocenters. The third-order valence-corrected chi connectivity index (χ3v) is 3.58. The number of nitrogens with one attached hydrogen (secondary N) is 1. The fourth-order valence-corrected chi connectivity index (χ4v) is 2.35. The molecule has 0 saturated carbocycles. The van der Waals surface area contributed by atoms with Crippen molar-refractivity contribution in [3.8, 4) is 0 Å². The topological polar surface area (TPSA) is 55.4 Å². The Balaban J connectivity index is 2.30. The molecule has 4 nitrogen and oxygen atoms in total. The van der Waals surface area contributed by atoms with Gasteiger partial charge in [-0.2, -0.15) is 13.2 Å². The summed E-state index contributed by atoms with van der Waals surface area (Å²) in [7, 11) is 1.20. The molecule has 0 unspecified atom stereocenters. The molecule has 0 aliphatic carbocycles. The van der Waals surface area contributed by atoms with E-state index in [1.165, 1.54) is 19.2 Å². The molecular weight excluding hydrogens is 335 g/mol. The van der Waals surface area contributed by atoms with Gasteiger partial charge in [-0.15, -0.1) is 0 Å². The molecular formula is C18H16F3NO3. The minimum absolute atomic E-state index is 0.194. The SMILES string of the molecule is COC(=O)C[C@@H](NC(=O)c1ccccc1C(F)(F)F)c1ccccc1. The predicted molar refractivity (Wildman–Crippen MR) is 84.7 cm³/mol. The number of carbonyl (C=O) groups excluding carboxylic acids is 2. The van der Waals surface area contributed by atoms with Crippen molar-refractivity contribution in [3.05, 3.63) is 71.3 Å². The van der Waals surface area contributed by atoms with E-state index in [0.29, 0.717) is 5.56 Å². The van der Waals surface area contributed by atoms with Crippen LogP contribution in [0.15, 0.2) is 54.6 Å². The minimum Gasteiger partial charge on any atom is -0.469 e. The van der Waals surface area contributed by atoms with Gasteiger partial charge in [-0.1, -0.05) is 42.5 Å². The first-order chi connectivity index (χ1) is 11.8. The van der Waals surface area contributed by atoms with E-state index in [9.17, 15) is 22.8 Å². The first-order valence-electron chi connectivity index (χ1n) is 7.41. The molecule has 2 rings (SSSR count). The number of carbonyl (C=O) groups is 2. The summed E-state index contributed by atoms with van der Waals surface area (Å²) < 4.78 is 43.8. The fourth-order valence-electron chi connectivity index (χ4n) is 2.35. The van der Waals surface area contributed by atoms with Crippen LogP contribution < -0.4 is 5.32 Å². The van der Waals surface area contributed by atoms with Gasteiger partial charge in [0.25, 0.3) is 5.91 Å². The van der Waals surface area contributed by atoms with Crippen LogP contribution in [0, 0.1) is 0 Å². The van der Waals surface area contributed by atoms with E-state index in [1.54, 1.807) is 30.3 Å². The van der Waals surface area contributed by atoms with Crippen LogP contribution >= 0.6 is 0 Å². The molecule has 132 valence electrons. The molecule has 0 bridgehead atoms. The highest BCUT2D eigenvalue weighted by Gasteiger charge is 2.35. The first kappa shape index (κ1) is 18.5. The van der Waals surface area contributed by atoms with Gasteiger partial charge in [0.1, 0.15) is 0 Å². The second kappa shape index (κ2) is 7.83. The van der Waals surface area contributed by atoms with Crippen molar-refractivity contribution in [1.82, 2.24) is 5.32 Å². The van der Waals surface area contributed by atoms with Gasteiger partial charge in [0, 0.05) is 0 Å². The third kappa shape index (κ3) is 4.82. The van der Waals surface area contributed by atoms with Crippen molar-refractivity contribution in [1.29, 1.82) is 0 Å². The van der Waals surface area contributed by atoms with Crippen LogP contribution in [0.2, 0.25) is 0 Å². The van der Waals surface area contributed by atoms with Crippen LogP contribution in [0.3, 0.4) is 0 Å². The highest BCUT2D eigenvalue weighted by Crippen LogP contribution is 2.32. The monoisotopic (exact) mass is 351 g/mol. The zero-order chi connectivity index (χ0) is 18.4. The molecule has 0 radical (unpaired) electrons. The number of hydrogen-bond donors (Lipinski definition) is 1. The second-order valence-electron chi connectivity index (χ2n) is 5.26. The van der Waals surface area contributed by atoms with Gasteiger partial charge in [0.2, 0.25) is 0 Å².